The van der Waals surface area contributed by atoms with E-state index < -0.39 is 10.9 Å². The van der Waals surface area contributed by atoms with Gasteiger partial charge < -0.3 is 9.04 Å². The molecule has 25 heavy (non-hydrogen) atoms. The summed E-state index contributed by atoms with van der Waals surface area (Å²) in [7, 11) is 0. The molecule has 3 rings (SSSR count). The zero-order valence-corrected chi connectivity index (χ0v) is 14.6. The molecule has 8 nitrogen and oxygen atoms in total. The zero-order chi connectivity index (χ0) is 18.1. The van der Waals surface area contributed by atoms with Gasteiger partial charge in [-0.05, 0) is 43.5 Å². The lowest BCUT2D eigenvalue weighted by Crippen LogP contribution is -2.56. The van der Waals surface area contributed by atoms with Crippen molar-refractivity contribution in [2.45, 2.75) is 32.2 Å². The van der Waals surface area contributed by atoms with Crippen molar-refractivity contribution >= 4 is 29.5 Å². The Labute approximate surface area is 148 Å². The van der Waals surface area contributed by atoms with Crippen molar-refractivity contribution < 1.29 is 19.2 Å². The molecule has 1 unspecified atom stereocenters. The Kier molecular flexibility index (Phi) is 4.67. The van der Waals surface area contributed by atoms with Gasteiger partial charge in [0.25, 0.3) is 5.69 Å². The lowest BCUT2D eigenvalue weighted by Gasteiger charge is -2.47. The summed E-state index contributed by atoms with van der Waals surface area (Å²) in [5.74, 6) is -0.650. The third kappa shape index (κ3) is 3.19. The number of nitro benzene ring substituents is 1. The van der Waals surface area contributed by atoms with E-state index in [9.17, 15) is 19.7 Å². The van der Waals surface area contributed by atoms with Crippen LogP contribution in [-0.2, 0) is 20.9 Å². The highest BCUT2D eigenvalue weighted by molar-refractivity contribution is 7.97. The number of hydrogen-bond acceptors (Lipinski definition) is 7. The maximum Gasteiger partial charge on any atom is 0.357 e. The number of carbonyl (C=O) groups is 2. The Hall–Kier alpha value is -2.55. The van der Waals surface area contributed by atoms with Crippen LogP contribution in [0.4, 0.5) is 5.69 Å². The minimum Gasteiger partial charge on any atom is -0.456 e. The largest absolute Gasteiger partial charge is 0.456 e. The fourth-order valence-corrected chi connectivity index (χ4v) is 3.97. The van der Waals surface area contributed by atoms with Crippen LogP contribution in [0.1, 0.15) is 25.8 Å². The predicted molar refractivity (Wildman–Crippen MR) is 90.8 cm³/mol. The van der Waals surface area contributed by atoms with E-state index in [4.69, 9.17) is 4.74 Å². The van der Waals surface area contributed by atoms with Crippen molar-refractivity contribution in [3.8, 4) is 0 Å². The number of rotatable bonds is 5. The maximum atomic E-state index is 12.5. The van der Waals surface area contributed by atoms with Crippen molar-refractivity contribution in [2.75, 3.05) is 6.54 Å². The van der Waals surface area contributed by atoms with Crippen LogP contribution >= 0.6 is 11.9 Å². The van der Waals surface area contributed by atoms with Gasteiger partial charge in [0, 0.05) is 18.7 Å². The van der Waals surface area contributed by atoms with Crippen LogP contribution < -0.4 is 0 Å². The minimum absolute atomic E-state index is 0.0143. The number of ether oxygens (including phenoxy) is 1. The van der Waals surface area contributed by atoms with Crippen LogP contribution in [-0.4, -0.2) is 37.9 Å². The number of carbonyl (C=O) groups excluding carboxylic acids is 2. The molecule has 2 aliphatic rings. The van der Waals surface area contributed by atoms with Gasteiger partial charge >= 0.3 is 5.97 Å². The van der Waals surface area contributed by atoms with E-state index in [1.54, 1.807) is 31.0 Å². The van der Waals surface area contributed by atoms with Crippen LogP contribution in [0.15, 0.2) is 35.7 Å². The second kappa shape index (κ2) is 6.75. The first kappa shape index (κ1) is 17.3. The van der Waals surface area contributed by atoms with Gasteiger partial charge in [0.05, 0.1) is 17.0 Å². The van der Waals surface area contributed by atoms with Crippen molar-refractivity contribution in [1.82, 2.24) is 9.21 Å². The summed E-state index contributed by atoms with van der Waals surface area (Å²) in [6.07, 6.45) is 0.410. The quantitative estimate of drug-likeness (QED) is 0.261. The molecule has 1 fully saturated rings. The number of β-lactam (4-membered cyclic amide) rings is 1. The number of nitro groups is 1. The van der Waals surface area contributed by atoms with Gasteiger partial charge in [0.2, 0.25) is 5.91 Å². The van der Waals surface area contributed by atoms with E-state index in [-0.39, 0.29) is 29.3 Å². The molecule has 0 spiro atoms. The Balaban J connectivity index is 1.73. The molecule has 0 aromatic heterocycles. The predicted octanol–water partition coefficient (Wildman–Crippen LogP) is 2.41. The van der Waals surface area contributed by atoms with Crippen LogP contribution in [0.3, 0.4) is 0 Å². The summed E-state index contributed by atoms with van der Waals surface area (Å²) in [6, 6.07) is 5.80. The fraction of sp³-hybridized carbons (Fsp3) is 0.375. The fourth-order valence-electron chi connectivity index (χ4n) is 2.75. The Morgan fingerprint density at radius 3 is 2.64 bits per heavy atom. The third-order valence-corrected chi connectivity index (χ3v) is 5.52. The molecular weight excluding hydrogens is 346 g/mol. The average molecular weight is 363 g/mol. The molecule has 1 amide bonds. The van der Waals surface area contributed by atoms with E-state index >= 15 is 0 Å². The molecule has 132 valence electrons. The first-order valence-electron chi connectivity index (χ1n) is 7.80. The second-order valence-electron chi connectivity index (χ2n) is 5.66. The molecule has 1 aromatic rings. The normalized spacial score (nSPS) is 19.4. The number of fused-ring (bicyclic) bond motifs is 1. The molecule has 0 saturated carbocycles. The van der Waals surface area contributed by atoms with Gasteiger partial charge in [-0.25, -0.2) is 4.79 Å². The van der Waals surface area contributed by atoms with Crippen molar-refractivity contribution in [1.29, 1.82) is 0 Å². The number of non-ortho nitro benzene ring substituents is 1. The highest BCUT2D eigenvalue weighted by Crippen LogP contribution is 2.42. The number of nitrogens with zero attached hydrogens (tertiary/aromatic N) is 3. The van der Waals surface area contributed by atoms with E-state index in [1.807, 2.05) is 11.2 Å². The van der Waals surface area contributed by atoms with Crippen molar-refractivity contribution in [3.05, 3.63) is 51.3 Å². The molecule has 0 bridgehead atoms. The lowest BCUT2D eigenvalue weighted by atomic mass is 10.1. The van der Waals surface area contributed by atoms with Gasteiger partial charge in [-0.15, -0.1) is 0 Å². The second-order valence-corrected chi connectivity index (χ2v) is 6.85. The highest BCUT2D eigenvalue weighted by Gasteiger charge is 2.47. The number of benzene rings is 1. The van der Waals surface area contributed by atoms with Crippen LogP contribution in [0.5, 0.6) is 0 Å². The minimum atomic E-state index is -0.562. The molecule has 1 saturated heterocycles. The Morgan fingerprint density at radius 1 is 1.40 bits per heavy atom. The smallest absolute Gasteiger partial charge is 0.357 e. The summed E-state index contributed by atoms with van der Waals surface area (Å²) >= 11 is 1.54. The van der Waals surface area contributed by atoms with Gasteiger partial charge in [0.15, 0.2) is 5.70 Å². The lowest BCUT2D eigenvalue weighted by molar-refractivity contribution is -0.384. The van der Waals surface area contributed by atoms with Gasteiger partial charge in [-0.3, -0.25) is 19.8 Å². The van der Waals surface area contributed by atoms with Crippen molar-refractivity contribution in [3.63, 3.8) is 0 Å². The summed E-state index contributed by atoms with van der Waals surface area (Å²) in [5, 5.41) is 10.6. The summed E-state index contributed by atoms with van der Waals surface area (Å²) < 4.78 is 7.32. The average Bonchev–Trinajstić information content (AvgIpc) is 2.60. The topological polar surface area (TPSA) is 93.0 Å². The van der Waals surface area contributed by atoms with Crippen LogP contribution in [0, 0.1) is 10.1 Å². The molecule has 2 aliphatic heterocycles. The number of esters is 1. The van der Waals surface area contributed by atoms with Crippen molar-refractivity contribution in [2.24, 2.45) is 0 Å². The van der Waals surface area contributed by atoms with E-state index in [0.29, 0.717) is 24.2 Å². The Morgan fingerprint density at radius 2 is 2.08 bits per heavy atom. The van der Waals surface area contributed by atoms with Gasteiger partial charge in [-0.1, -0.05) is 0 Å². The van der Waals surface area contributed by atoms with Gasteiger partial charge in [-0.2, -0.15) is 0 Å². The Bertz CT molecular complexity index is 762. The van der Waals surface area contributed by atoms with Crippen LogP contribution in [0.25, 0.3) is 0 Å². The summed E-state index contributed by atoms with van der Waals surface area (Å²) in [6.45, 7) is 4.47. The van der Waals surface area contributed by atoms with Gasteiger partial charge in [0.1, 0.15) is 12.0 Å². The molecule has 2 heterocycles. The highest BCUT2D eigenvalue weighted by atomic mass is 32.2. The van der Waals surface area contributed by atoms with E-state index in [2.05, 4.69) is 0 Å². The molecule has 0 N–H and O–H groups in total. The summed E-state index contributed by atoms with van der Waals surface area (Å²) in [5.41, 5.74) is 1.60. The molecule has 9 heteroatoms. The maximum absolute atomic E-state index is 12.5. The molecule has 0 radical (unpaired) electrons. The molecule has 0 aliphatic carbocycles. The molecule has 1 atom stereocenters. The molecule has 1 aromatic carbocycles. The third-order valence-electron chi connectivity index (χ3n) is 4.11. The molecular formula is C16H17N3O5S. The SMILES string of the molecule is CCN1SC2CC(=O)N2C(C(=O)OCc2ccc([N+](=O)[O-])cc2)=C1C. The number of hydrogen-bond donors (Lipinski definition) is 0. The monoisotopic (exact) mass is 363 g/mol. The van der Waals surface area contributed by atoms with Crippen LogP contribution in [0.2, 0.25) is 0 Å². The zero-order valence-electron chi connectivity index (χ0n) is 13.8. The number of amides is 1. The standard InChI is InChI=1S/C16H17N3O5S/c1-3-17-10(2)15(18-13(20)8-14(18)25-17)16(21)24-9-11-4-6-12(7-5-11)19(22)23/h4-7,14H,3,8-9H2,1-2H3. The first-order chi connectivity index (χ1) is 11.9. The van der Waals surface area contributed by atoms with E-state index in [0.717, 1.165) is 0 Å². The van der Waals surface area contributed by atoms with E-state index in [1.165, 1.54) is 17.0 Å². The summed E-state index contributed by atoms with van der Waals surface area (Å²) in [4.78, 5) is 36.1. The number of allylic oxidation sites excluding steroid dienone is 1. The first-order valence-corrected chi connectivity index (χ1v) is 8.63.